The minimum absolute atomic E-state index is 0.151. The molecule has 0 saturated carbocycles. The van der Waals surface area contributed by atoms with E-state index in [9.17, 15) is 9.90 Å². The van der Waals surface area contributed by atoms with Gasteiger partial charge in [0.15, 0.2) is 5.78 Å². The first-order valence-electron chi connectivity index (χ1n) is 5.32. The van der Waals surface area contributed by atoms with E-state index >= 15 is 0 Å². The van der Waals surface area contributed by atoms with Crippen molar-refractivity contribution in [3.8, 4) is 11.9 Å². The van der Waals surface area contributed by atoms with Gasteiger partial charge < -0.3 is 5.11 Å². The van der Waals surface area contributed by atoms with Gasteiger partial charge in [0.25, 0.3) is 0 Å². The molecule has 0 amide bonds. The fourth-order valence-electron chi connectivity index (χ4n) is 1.75. The van der Waals surface area contributed by atoms with E-state index in [-0.39, 0.29) is 17.2 Å². The number of carbonyl (C=O) groups excluding carboxylic acids is 1. The molecule has 5 heteroatoms. The normalized spacial score (nSPS) is 10.1. The van der Waals surface area contributed by atoms with Crippen molar-refractivity contribution in [2.24, 2.45) is 7.05 Å². The van der Waals surface area contributed by atoms with Crippen LogP contribution in [-0.4, -0.2) is 20.7 Å². The van der Waals surface area contributed by atoms with Crippen LogP contribution in [0.25, 0.3) is 0 Å². The summed E-state index contributed by atoms with van der Waals surface area (Å²) < 4.78 is 1.26. The van der Waals surface area contributed by atoms with Crippen molar-refractivity contribution in [1.82, 2.24) is 9.78 Å². The van der Waals surface area contributed by atoms with Gasteiger partial charge in [-0.3, -0.25) is 4.79 Å². The summed E-state index contributed by atoms with van der Waals surface area (Å²) in [5, 5.41) is 22.4. The summed E-state index contributed by atoms with van der Waals surface area (Å²) in [6, 6.07) is 8.24. The number of nitriles is 1. The van der Waals surface area contributed by atoms with Crippen LogP contribution < -0.4 is 0 Å². The lowest BCUT2D eigenvalue weighted by Crippen LogP contribution is -2.02. The molecule has 2 aromatic rings. The van der Waals surface area contributed by atoms with E-state index in [0.29, 0.717) is 16.8 Å². The minimum atomic E-state index is -0.303. The molecular weight excluding hydrogens is 230 g/mol. The minimum Gasteiger partial charge on any atom is -0.493 e. The second kappa shape index (κ2) is 4.34. The standard InChI is InChI=1S/C13H11N3O2/c1-8-11(13(18)16(2)15-8)12(17)10-5-3-9(7-14)4-6-10/h3-6,18H,1-2H3. The zero-order chi connectivity index (χ0) is 13.3. The first kappa shape index (κ1) is 11.9. The van der Waals surface area contributed by atoms with Gasteiger partial charge in [-0.15, -0.1) is 0 Å². The van der Waals surface area contributed by atoms with E-state index in [1.54, 1.807) is 38.2 Å². The van der Waals surface area contributed by atoms with Gasteiger partial charge in [0, 0.05) is 12.6 Å². The second-order valence-electron chi connectivity index (χ2n) is 3.93. The maximum Gasteiger partial charge on any atom is 0.220 e. The van der Waals surface area contributed by atoms with Crippen LogP contribution in [0.3, 0.4) is 0 Å². The molecule has 1 N–H and O–H groups in total. The number of hydrogen-bond acceptors (Lipinski definition) is 4. The molecule has 0 aliphatic heterocycles. The molecule has 2 rings (SSSR count). The maximum absolute atomic E-state index is 12.2. The number of hydrogen-bond donors (Lipinski definition) is 1. The van der Waals surface area contributed by atoms with Gasteiger partial charge in [0.2, 0.25) is 5.88 Å². The Morgan fingerprint density at radius 1 is 1.39 bits per heavy atom. The highest BCUT2D eigenvalue weighted by molar-refractivity contribution is 6.11. The highest BCUT2D eigenvalue weighted by atomic mass is 16.3. The second-order valence-corrected chi connectivity index (χ2v) is 3.93. The molecule has 1 heterocycles. The van der Waals surface area contributed by atoms with Crippen molar-refractivity contribution in [3.63, 3.8) is 0 Å². The molecule has 0 saturated heterocycles. The Bertz CT molecular complexity index is 648. The number of aromatic nitrogens is 2. The summed E-state index contributed by atoms with van der Waals surface area (Å²) in [5.74, 6) is -0.454. The van der Waals surface area contributed by atoms with Crippen molar-refractivity contribution in [3.05, 3.63) is 46.6 Å². The van der Waals surface area contributed by atoms with Crippen molar-refractivity contribution in [1.29, 1.82) is 5.26 Å². The average Bonchev–Trinajstić information content (AvgIpc) is 2.63. The van der Waals surface area contributed by atoms with Crippen LogP contribution in [0.4, 0.5) is 0 Å². The Hall–Kier alpha value is -2.61. The van der Waals surface area contributed by atoms with E-state index in [0.717, 1.165) is 0 Å². The monoisotopic (exact) mass is 241 g/mol. The molecule has 1 aromatic carbocycles. The molecule has 0 aliphatic rings. The summed E-state index contributed by atoms with van der Waals surface area (Å²) in [4.78, 5) is 12.2. The fraction of sp³-hybridized carbons (Fsp3) is 0.154. The number of aryl methyl sites for hydroxylation is 2. The van der Waals surface area contributed by atoms with Crippen LogP contribution in [0.1, 0.15) is 27.2 Å². The van der Waals surface area contributed by atoms with Gasteiger partial charge in [-0.2, -0.15) is 10.4 Å². The smallest absolute Gasteiger partial charge is 0.220 e. The summed E-state index contributed by atoms with van der Waals surface area (Å²) >= 11 is 0. The van der Waals surface area contributed by atoms with E-state index in [1.807, 2.05) is 6.07 Å². The van der Waals surface area contributed by atoms with E-state index in [1.165, 1.54) is 4.68 Å². The molecule has 0 fully saturated rings. The molecule has 0 atom stereocenters. The highest BCUT2D eigenvalue weighted by Gasteiger charge is 2.20. The SMILES string of the molecule is Cc1nn(C)c(O)c1C(=O)c1ccc(C#N)cc1. The summed E-state index contributed by atoms with van der Waals surface area (Å²) in [6.45, 7) is 1.66. The van der Waals surface area contributed by atoms with Crippen LogP contribution in [0, 0.1) is 18.3 Å². The maximum atomic E-state index is 12.2. The third kappa shape index (κ3) is 1.84. The van der Waals surface area contributed by atoms with Gasteiger partial charge in [-0.05, 0) is 31.2 Å². The predicted octanol–water partition coefficient (Wildman–Crippen LogP) is 1.54. The van der Waals surface area contributed by atoms with Crippen LogP contribution in [0.15, 0.2) is 24.3 Å². The molecule has 0 spiro atoms. The van der Waals surface area contributed by atoms with Gasteiger partial charge >= 0.3 is 0 Å². The zero-order valence-corrected chi connectivity index (χ0v) is 10.0. The van der Waals surface area contributed by atoms with Crippen LogP contribution in [0.2, 0.25) is 0 Å². The topological polar surface area (TPSA) is 78.9 Å². The van der Waals surface area contributed by atoms with Crippen molar-refractivity contribution < 1.29 is 9.90 Å². The van der Waals surface area contributed by atoms with Gasteiger partial charge in [-0.25, -0.2) is 4.68 Å². The number of benzene rings is 1. The first-order chi connectivity index (χ1) is 8.54. The third-order valence-corrected chi connectivity index (χ3v) is 2.70. The Labute approximate surface area is 104 Å². The number of carbonyl (C=O) groups is 1. The van der Waals surface area contributed by atoms with Crippen LogP contribution in [-0.2, 0) is 7.05 Å². The molecular formula is C13H11N3O2. The van der Waals surface area contributed by atoms with Crippen LogP contribution in [0.5, 0.6) is 5.88 Å². The van der Waals surface area contributed by atoms with Crippen molar-refractivity contribution in [2.75, 3.05) is 0 Å². The molecule has 0 bridgehead atoms. The van der Waals surface area contributed by atoms with Crippen molar-refractivity contribution >= 4 is 5.78 Å². The lowest BCUT2D eigenvalue weighted by molar-refractivity contribution is 0.103. The molecule has 1 aromatic heterocycles. The largest absolute Gasteiger partial charge is 0.493 e. The quantitative estimate of drug-likeness (QED) is 0.809. The average molecular weight is 241 g/mol. The lowest BCUT2D eigenvalue weighted by atomic mass is 10.0. The van der Waals surface area contributed by atoms with E-state index in [4.69, 9.17) is 5.26 Å². The summed E-state index contributed by atoms with van der Waals surface area (Å²) in [7, 11) is 1.57. The Morgan fingerprint density at radius 3 is 2.44 bits per heavy atom. The number of nitrogens with zero attached hydrogens (tertiary/aromatic N) is 3. The van der Waals surface area contributed by atoms with Gasteiger partial charge in [0.05, 0.1) is 17.3 Å². The first-order valence-corrected chi connectivity index (χ1v) is 5.32. The van der Waals surface area contributed by atoms with E-state index < -0.39 is 0 Å². The summed E-state index contributed by atoms with van der Waals surface area (Å²) in [5.41, 5.74) is 1.57. The summed E-state index contributed by atoms with van der Waals surface area (Å²) in [6.07, 6.45) is 0. The molecule has 18 heavy (non-hydrogen) atoms. The lowest BCUT2D eigenvalue weighted by Gasteiger charge is -2.00. The number of rotatable bonds is 2. The van der Waals surface area contributed by atoms with Gasteiger partial charge in [0.1, 0.15) is 5.56 Å². The highest BCUT2D eigenvalue weighted by Crippen LogP contribution is 2.23. The fourth-order valence-corrected chi connectivity index (χ4v) is 1.75. The molecule has 5 nitrogen and oxygen atoms in total. The molecule has 90 valence electrons. The van der Waals surface area contributed by atoms with Gasteiger partial charge in [-0.1, -0.05) is 0 Å². The number of aromatic hydroxyl groups is 1. The number of ketones is 1. The Morgan fingerprint density at radius 2 is 2.00 bits per heavy atom. The van der Waals surface area contributed by atoms with Crippen LogP contribution >= 0.6 is 0 Å². The Kier molecular flexibility index (Phi) is 2.86. The van der Waals surface area contributed by atoms with E-state index in [2.05, 4.69) is 5.10 Å². The predicted molar refractivity (Wildman–Crippen MR) is 64.2 cm³/mol. The zero-order valence-electron chi connectivity index (χ0n) is 10.0. The Balaban J connectivity index is 2.45. The molecule has 0 unspecified atom stereocenters. The molecule has 0 radical (unpaired) electrons. The third-order valence-electron chi connectivity index (χ3n) is 2.70. The molecule has 0 aliphatic carbocycles. The van der Waals surface area contributed by atoms with Crippen molar-refractivity contribution in [2.45, 2.75) is 6.92 Å².